The quantitative estimate of drug-likeness (QED) is 0.261. The fraction of sp³-hybridized carbons (Fsp3) is 0.130. The normalized spacial score (nSPS) is 10.7. The summed E-state index contributed by atoms with van der Waals surface area (Å²) in [6, 6.07) is 21.0. The summed E-state index contributed by atoms with van der Waals surface area (Å²) < 4.78 is 11.5. The van der Waals surface area contributed by atoms with Gasteiger partial charge in [0.15, 0.2) is 18.1 Å². The van der Waals surface area contributed by atoms with E-state index in [4.69, 9.17) is 9.47 Å². The Morgan fingerprint density at radius 3 is 2.47 bits per heavy atom. The number of phenols is 1. The minimum atomic E-state index is -0.378. The fourth-order valence-corrected chi connectivity index (χ4v) is 3.29. The number of aromatic hydroxyl groups is 1. The second-order valence-corrected chi connectivity index (χ2v) is 7.42. The molecule has 0 aromatic heterocycles. The van der Waals surface area contributed by atoms with E-state index in [9.17, 15) is 9.90 Å². The first-order valence-corrected chi connectivity index (χ1v) is 10.4. The van der Waals surface area contributed by atoms with Crippen molar-refractivity contribution < 1.29 is 19.4 Å². The summed E-state index contributed by atoms with van der Waals surface area (Å²) in [5.41, 5.74) is 5.31. The van der Waals surface area contributed by atoms with Crippen LogP contribution in [0.4, 0.5) is 0 Å². The molecule has 0 spiro atoms. The summed E-state index contributed by atoms with van der Waals surface area (Å²) in [5.74, 6) is 0.685. The SMILES string of the molecule is CCOc1cc(/C=N/NC(=O)COc2ccc(-c3ccccc3)cc2)cc(I)c1O. The Bertz CT molecular complexity index is 1020. The number of nitrogens with zero attached hydrogens (tertiary/aromatic N) is 1. The lowest BCUT2D eigenvalue weighted by atomic mass is 10.1. The van der Waals surface area contributed by atoms with E-state index in [2.05, 4.69) is 10.5 Å². The Morgan fingerprint density at radius 1 is 1.07 bits per heavy atom. The predicted octanol–water partition coefficient (Wildman–Crippen LogP) is 4.59. The maximum atomic E-state index is 12.0. The van der Waals surface area contributed by atoms with Crippen molar-refractivity contribution in [3.8, 4) is 28.4 Å². The smallest absolute Gasteiger partial charge is 0.277 e. The highest BCUT2D eigenvalue weighted by Crippen LogP contribution is 2.32. The van der Waals surface area contributed by atoms with Crippen LogP contribution in [0.25, 0.3) is 11.1 Å². The molecular weight excluding hydrogens is 495 g/mol. The topological polar surface area (TPSA) is 80.2 Å². The van der Waals surface area contributed by atoms with Gasteiger partial charge in [-0.1, -0.05) is 42.5 Å². The van der Waals surface area contributed by atoms with Gasteiger partial charge in [0.05, 0.1) is 16.4 Å². The van der Waals surface area contributed by atoms with Crippen LogP contribution in [0.5, 0.6) is 17.2 Å². The predicted molar refractivity (Wildman–Crippen MR) is 125 cm³/mol. The zero-order valence-corrected chi connectivity index (χ0v) is 18.5. The standard InChI is InChI=1S/C23H21IN2O4/c1-2-29-21-13-16(12-20(24)23(21)28)14-25-26-22(27)15-30-19-10-8-18(9-11-19)17-6-4-3-5-7-17/h3-14,28H,2,15H2,1H3,(H,26,27)/b25-14+. The van der Waals surface area contributed by atoms with Gasteiger partial charge in [0.25, 0.3) is 5.91 Å². The van der Waals surface area contributed by atoms with Crippen LogP contribution in [0, 0.1) is 3.57 Å². The zero-order chi connectivity index (χ0) is 21.3. The van der Waals surface area contributed by atoms with Gasteiger partial charge in [-0.05, 0) is 70.5 Å². The summed E-state index contributed by atoms with van der Waals surface area (Å²) in [4.78, 5) is 12.0. The lowest BCUT2D eigenvalue weighted by Gasteiger charge is -2.08. The van der Waals surface area contributed by atoms with Gasteiger partial charge in [0, 0.05) is 0 Å². The number of phenolic OH excluding ortho intramolecular Hbond substituents is 1. The molecule has 30 heavy (non-hydrogen) atoms. The molecule has 0 radical (unpaired) electrons. The molecule has 0 saturated heterocycles. The van der Waals surface area contributed by atoms with Crippen LogP contribution in [0.1, 0.15) is 12.5 Å². The lowest BCUT2D eigenvalue weighted by Crippen LogP contribution is -2.24. The number of amides is 1. The van der Waals surface area contributed by atoms with Crippen molar-refractivity contribution in [2.75, 3.05) is 13.2 Å². The molecule has 154 valence electrons. The van der Waals surface area contributed by atoms with Gasteiger partial charge >= 0.3 is 0 Å². The van der Waals surface area contributed by atoms with E-state index < -0.39 is 0 Å². The van der Waals surface area contributed by atoms with Gasteiger partial charge in [0.2, 0.25) is 0 Å². The highest BCUT2D eigenvalue weighted by molar-refractivity contribution is 14.1. The van der Waals surface area contributed by atoms with Crippen molar-refractivity contribution in [2.24, 2.45) is 5.10 Å². The molecule has 0 saturated carbocycles. The molecular formula is C23H21IN2O4. The van der Waals surface area contributed by atoms with Crippen LogP contribution in [-0.4, -0.2) is 30.4 Å². The minimum Gasteiger partial charge on any atom is -0.504 e. The molecule has 6 nitrogen and oxygen atoms in total. The Morgan fingerprint density at radius 2 is 1.77 bits per heavy atom. The molecule has 3 aromatic rings. The Hall–Kier alpha value is -3.07. The molecule has 0 aliphatic rings. The van der Waals surface area contributed by atoms with Crippen molar-refractivity contribution in [3.05, 3.63) is 75.9 Å². The van der Waals surface area contributed by atoms with E-state index in [-0.39, 0.29) is 18.3 Å². The van der Waals surface area contributed by atoms with E-state index in [1.807, 2.05) is 84.1 Å². The average Bonchev–Trinajstić information content (AvgIpc) is 2.77. The van der Waals surface area contributed by atoms with Gasteiger partial charge in [-0.2, -0.15) is 5.10 Å². The van der Waals surface area contributed by atoms with Crippen LogP contribution >= 0.6 is 22.6 Å². The van der Waals surface area contributed by atoms with Crippen molar-refractivity contribution >= 4 is 34.7 Å². The first kappa shape index (κ1) is 21.6. The number of rotatable bonds is 8. The minimum absolute atomic E-state index is 0.0883. The maximum Gasteiger partial charge on any atom is 0.277 e. The molecule has 0 aliphatic heterocycles. The number of benzene rings is 3. The molecule has 3 aromatic carbocycles. The third-order valence-corrected chi connectivity index (χ3v) is 4.91. The van der Waals surface area contributed by atoms with Crippen molar-refractivity contribution in [3.63, 3.8) is 0 Å². The van der Waals surface area contributed by atoms with Crippen LogP contribution in [0.3, 0.4) is 0 Å². The first-order valence-electron chi connectivity index (χ1n) is 9.32. The molecule has 0 unspecified atom stereocenters. The highest BCUT2D eigenvalue weighted by atomic mass is 127. The maximum absolute atomic E-state index is 12.0. The fourth-order valence-electron chi connectivity index (χ4n) is 2.67. The third kappa shape index (κ3) is 5.96. The van der Waals surface area contributed by atoms with Crippen LogP contribution in [-0.2, 0) is 4.79 Å². The third-order valence-electron chi connectivity index (χ3n) is 4.08. The summed E-state index contributed by atoms with van der Waals surface area (Å²) in [7, 11) is 0. The molecule has 3 rings (SSSR count). The average molecular weight is 516 g/mol. The number of hydrazone groups is 1. The largest absolute Gasteiger partial charge is 0.504 e. The number of nitrogens with one attached hydrogen (secondary N) is 1. The number of ether oxygens (including phenoxy) is 2. The molecule has 0 bridgehead atoms. The number of hydrogen-bond donors (Lipinski definition) is 2. The van der Waals surface area contributed by atoms with Crippen molar-refractivity contribution in [1.29, 1.82) is 0 Å². The number of hydrogen-bond acceptors (Lipinski definition) is 5. The number of carbonyl (C=O) groups excluding carboxylic acids is 1. The Kier molecular flexibility index (Phi) is 7.67. The van der Waals surface area contributed by atoms with Gasteiger partial charge in [0.1, 0.15) is 5.75 Å². The van der Waals surface area contributed by atoms with Crippen molar-refractivity contribution in [2.45, 2.75) is 6.92 Å². The van der Waals surface area contributed by atoms with Crippen LogP contribution in [0.2, 0.25) is 0 Å². The molecule has 2 N–H and O–H groups in total. The van der Waals surface area contributed by atoms with Gasteiger partial charge in [-0.3, -0.25) is 4.79 Å². The molecule has 0 fully saturated rings. The Labute approximate surface area is 188 Å². The molecule has 1 amide bonds. The highest BCUT2D eigenvalue weighted by Gasteiger charge is 2.08. The zero-order valence-electron chi connectivity index (χ0n) is 16.3. The van der Waals surface area contributed by atoms with Crippen LogP contribution < -0.4 is 14.9 Å². The molecule has 7 heteroatoms. The van der Waals surface area contributed by atoms with E-state index in [1.54, 1.807) is 12.1 Å². The number of carbonyl (C=O) groups is 1. The van der Waals surface area contributed by atoms with E-state index in [0.717, 1.165) is 11.1 Å². The first-order chi connectivity index (χ1) is 14.6. The summed E-state index contributed by atoms with van der Waals surface area (Å²) >= 11 is 2.01. The molecule has 0 heterocycles. The van der Waals surface area contributed by atoms with E-state index >= 15 is 0 Å². The van der Waals surface area contributed by atoms with Crippen LogP contribution in [0.15, 0.2) is 71.8 Å². The summed E-state index contributed by atoms with van der Waals surface area (Å²) in [6.07, 6.45) is 1.48. The molecule has 0 atom stereocenters. The Balaban J connectivity index is 1.51. The second kappa shape index (κ2) is 10.6. The van der Waals surface area contributed by atoms with E-state index in [0.29, 0.717) is 27.2 Å². The second-order valence-electron chi connectivity index (χ2n) is 6.25. The van der Waals surface area contributed by atoms with Crippen molar-refractivity contribution in [1.82, 2.24) is 5.43 Å². The monoisotopic (exact) mass is 516 g/mol. The number of halogens is 1. The van der Waals surface area contributed by atoms with E-state index in [1.165, 1.54) is 6.21 Å². The summed E-state index contributed by atoms with van der Waals surface area (Å²) in [6.45, 7) is 2.12. The van der Waals surface area contributed by atoms with Gasteiger partial charge < -0.3 is 14.6 Å². The molecule has 0 aliphatic carbocycles. The summed E-state index contributed by atoms with van der Waals surface area (Å²) in [5, 5.41) is 13.9. The van der Waals surface area contributed by atoms with Gasteiger partial charge in [-0.25, -0.2) is 5.43 Å². The lowest BCUT2D eigenvalue weighted by molar-refractivity contribution is -0.123. The van der Waals surface area contributed by atoms with Gasteiger partial charge in [-0.15, -0.1) is 0 Å².